The Kier molecular flexibility index (Phi) is 3.56. The van der Waals surface area contributed by atoms with E-state index in [-0.39, 0.29) is 0 Å². The molecule has 0 aromatic carbocycles. The lowest BCUT2D eigenvalue weighted by atomic mass is 9.94. The average molecular weight is 224 g/mol. The predicted octanol–water partition coefficient (Wildman–Crippen LogP) is 1.00. The molecule has 0 radical (unpaired) electrons. The zero-order chi connectivity index (χ0) is 11.4. The van der Waals surface area contributed by atoms with Crippen LogP contribution in [0.5, 0.6) is 0 Å². The number of methoxy groups -OCH3 is 1. The van der Waals surface area contributed by atoms with Crippen molar-refractivity contribution in [2.75, 3.05) is 20.2 Å². The van der Waals surface area contributed by atoms with Gasteiger partial charge in [-0.1, -0.05) is 0 Å². The second-order valence-electron chi connectivity index (χ2n) is 4.03. The number of carbonyl (C=O) groups excluding carboxylic acids is 1. The number of piperidine rings is 1. The van der Waals surface area contributed by atoms with Gasteiger partial charge >= 0.3 is 5.97 Å². The van der Waals surface area contributed by atoms with Crippen LogP contribution in [0.3, 0.4) is 0 Å². The molecule has 5 nitrogen and oxygen atoms in total. The molecule has 0 aliphatic carbocycles. The molecule has 2 rings (SSSR count). The third kappa shape index (κ3) is 2.41. The van der Waals surface area contributed by atoms with Gasteiger partial charge in [0.15, 0.2) is 12.1 Å². The number of aromatic nitrogens is 1. The summed E-state index contributed by atoms with van der Waals surface area (Å²) in [5.41, 5.74) is 0.313. The van der Waals surface area contributed by atoms with Crippen LogP contribution in [0.2, 0.25) is 0 Å². The molecular formula is C11H16N2O3. The van der Waals surface area contributed by atoms with E-state index in [1.807, 2.05) is 0 Å². The largest absolute Gasteiger partial charge is 0.464 e. The van der Waals surface area contributed by atoms with Gasteiger partial charge in [-0.25, -0.2) is 9.78 Å². The van der Waals surface area contributed by atoms with E-state index in [1.54, 1.807) is 0 Å². The minimum Gasteiger partial charge on any atom is -0.464 e. The summed E-state index contributed by atoms with van der Waals surface area (Å²) in [5.74, 6) is 0.734. The van der Waals surface area contributed by atoms with Crippen LogP contribution in [0.1, 0.15) is 29.1 Å². The van der Waals surface area contributed by atoms with E-state index in [0.29, 0.717) is 17.4 Å². The van der Waals surface area contributed by atoms with Gasteiger partial charge in [-0.15, -0.1) is 0 Å². The smallest absolute Gasteiger partial charge is 0.360 e. The highest BCUT2D eigenvalue weighted by Crippen LogP contribution is 2.19. The lowest BCUT2D eigenvalue weighted by Gasteiger charge is -2.21. The summed E-state index contributed by atoms with van der Waals surface area (Å²) in [6.45, 7) is 2.05. The summed E-state index contributed by atoms with van der Waals surface area (Å²) >= 11 is 0. The maximum atomic E-state index is 11.4. The third-order valence-corrected chi connectivity index (χ3v) is 2.89. The summed E-state index contributed by atoms with van der Waals surface area (Å²) in [7, 11) is 1.35. The van der Waals surface area contributed by atoms with Gasteiger partial charge in [0.2, 0.25) is 0 Å². The molecule has 0 saturated carbocycles. The minimum absolute atomic E-state index is 0.313. The number of ether oxygens (including phenoxy) is 1. The molecule has 1 fully saturated rings. The van der Waals surface area contributed by atoms with Gasteiger partial charge in [0.1, 0.15) is 5.76 Å². The fraction of sp³-hybridized carbons (Fsp3) is 0.636. The molecule has 1 unspecified atom stereocenters. The minimum atomic E-state index is -0.424. The third-order valence-electron chi connectivity index (χ3n) is 2.89. The van der Waals surface area contributed by atoms with E-state index in [1.165, 1.54) is 19.9 Å². The predicted molar refractivity (Wildman–Crippen MR) is 57.1 cm³/mol. The molecule has 1 aromatic heterocycles. The molecule has 88 valence electrons. The van der Waals surface area contributed by atoms with Gasteiger partial charge in [-0.3, -0.25) is 0 Å². The van der Waals surface area contributed by atoms with Crippen molar-refractivity contribution in [3.8, 4) is 0 Å². The highest BCUT2D eigenvalue weighted by molar-refractivity contribution is 5.88. The standard InChI is InChI=1S/C11H16N2O3/c1-15-11(14)10-9(16-7-13-10)5-8-3-2-4-12-6-8/h7-8,12H,2-6H2,1H3. The molecule has 1 aliphatic heterocycles. The monoisotopic (exact) mass is 224 g/mol. The second kappa shape index (κ2) is 5.12. The number of hydrogen-bond acceptors (Lipinski definition) is 5. The SMILES string of the molecule is COC(=O)c1ncoc1CC1CCCNC1. The highest BCUT2D eigenvalue weighted by atomic mass is 16.5. The first-order valence-corrected chi connectivity index (χ1v) is 5.52. The normalized spacial score (nSPS) is 20.7. The molecule has 0 amide bonds. The molecule has 1 aliphatic rings. The Morgan fingerprint density at radius 1 is 1.75 bits per heavy atom. The second-order valence-corrected chi connectivity index (χ2v) is 4.03. The number of carbonyl (C=O) groups is 1. The van der Waals surface area contributed by atoms with Crippen molar-refractivity contribution in [3.05, 3.63) is 17.8 Å². The summed E-state index contributed by atoms with van der Waals surface area (Å²) in [5, 5.41) is 3.33. The first-order chi connectivity index (χ1) is 7.81. The number of rotatable bonds is 3. The van der Waals surface area contributed by atoms with Gasteiger partial charge in [0, 0.05) is 6.42 Å². The quantitative estimate of drug-likeness (QED) is 0.776. The fourth-order valence-electron chi connectivity index (χ4n) is 2.04. The molecule has 1 saturated heterocycles. The van der Waals surface area contributed by atoms with Crippen LogP contribution in [-0.2, 0) is 11.2 Å². The highest BCUT2D eigenvalue weighted by Gasteiger charge is 2.21. The van der Waals surface area contributed by atoms with Gasteiger partial charge in [-0.05, 0) is 31.8 Å². The van der Waals surface area contributed by atoms with Crippen molar-refractivity contribution in [1.29, 1.82) is 0 Å². The van der Waals surface area contributed by atoms with Crippen LogP contribution in [-0.4, -0.2) is 31.2 Å². The molecular weight excluding hydrogens is 208 g/mol. The maximum absolute atomic E-state index is 11.4. The van der Waals surface area contributed by atoms with Crippen molar-refractivity contribution < 1.29 is 13.9 Å². The van der Waals surface area contributed by atoms with Gasteiger partial charge in [-0.2, -0.15) is 0 Å². The lowest BCUT2D eigenvalue weighted by molar-refractivity contribution is 0.0591. The van der Waals surface area contributed by atoms with Crippen molar-refractivity contribution in [1.82, 2.24) is 10.3 Å². The first-order valence-electron chi connectivity index (χ1n) is 5.52. The van der Waals surface area contributed by atoms with Crippen LogP contribution in [0.4, 0.5) is 0 Å². The first kappa shape index (κ1) is 11.1. The summed E-state index contributed by atoms with van der Waals surface area (Å²) in [4.78, 5) is 15.3. The van der Waals surface area contributed by atoms with Crippen LogP contribution in [0.25, 0.3) is 0 Å². The Balaban J connectivity index is 2.03. The number of nitrogens with zero attached hydrogens (tertiary/aromatic N) is 1. The average Bonchev–Trinajstić information content (AvgIpc) is 2.77. The van der Waals surface area contributed by atoms with Gasteiger partial charge < -0.3 is 14.5 Å². The lowest BCUT2D eigenvalue weighted by Crippen LogP contribution is -2.31. The summed E-state index contributed by atoms with van der Waals surface area (Å²) in [6.07, 6.45) is 4.38. The molecule has 1 aromatic rings. The summed E-state index contributed by atoms with van der Waals surface area (Å²) < 4.78 is 9.90. The molecule has 16 heavy (non-hydrogen) atoms. The van der Waals surface area contributed by atoms with E-state index in [9.17, 15) is 4.79 Å². The molecule has 1 N–H and O–H groups in total. The zero-order valence-electron chi connectivity index (χ0n) is 9.36. The van der Waals surface area contributed by atoms with Crippen LogP contribution in [0, 0.1) is 5.92 Å². The molecule has 1 atom stereocenters. The Labute approximate surface area is 94.2 Å². The Morgan fingerprint density at radius 2 is 2.62 bits per heavy atom. The van der Waals surface area contributed by atoms with Crippen molar-refractivity contribution >= 4 is 5.97 Å². The topological polar surface area (TPSA) is 64.4 Å². The van der Waals surface area contributed by atoms with Gasteiger partial charge in [0.05, 0.1) is 7.11 Å². The van der Waals surface area contributed by atoms with E-state index in [2.05, 4.69) is 15.0 Å². The van der Waals surface area contributed by atoms with E-state index in [0.717, 1.165) is 25.9 Å². The van der Waals surface area contributed by atoms with Crippen LogP contribution in [0.15, 0.2) is 10.8 Å². The molecule has 0 spiro atoms. The van der Waals surface area contributed by atoms with Crippen molar-refractivity contribution in [2.24, 2.45) is 5.92 Å². The number of hydrogen-bond donors (Lipinski definition) is 1. The number of esters is 1. The van der Waals surface area contributed by atoms with E-state index < -0.39 is 5.97 Å². The molecule has 5 heteroatoms. The fourth-order valence-corrected chi connectivity index (χ4v) is 2.04. The maximum Gasteiger partial charge on any atom is 0.360 e. The van der Waals surface area contributed by atoms with E-state index >= 15 is 0 Å². The van der Waals surface area contributed by atoms with Gasteiger partial charge in [0.25, 0.3) is 0 Å². The molecule has 0 bridgehead atoms. The Morgan fingerprint density at radius 3 is 3.31 bits per heavy atom. The molecule has 2 heterocycles. The van der Waals surface area contributed by atoms with E-state index in [4.69, 9.17) is 4.42 Å². The zero-order valence-corrected chi connectivity index (χ0v) is 9.36. The van der Waals surface area contributed by atoms with Crippen LogP contribution < -0.4 is 5.32 Å². The number of nitrogens with one attached hydrogen (secondary N) is 1. The number of oxazole rings is 1. The van der Waals surface area contributed by atoms with Crippen LogP contribution >= 0.6 is 0 Å². The van der Waals surface area contributed by atoms with Crippen molar-refractivity contribution in [2.45, 2.75) is 19.3 Å². The van der Waals surface area contributed by atoms with Crippen molar-refractivity contribution in [3.63, 3.8) is 0 Å². The Hall–Kier alpha value is -1.36. The Bertz CT molecular complexity index is 356. The summed E-state index contributed by atoms with van der Waals surface area (Å²) in [6, 6.07) is 0.